The van der Waals surface area contributed by atoms with E-state index in [1.807, 2.05) is 18.2 Å². The van der Waals surface area contributed by atoms with Crippen molar-refractivity contribution in [2.45, 2.75) is 30.7 Å². The lowest BCUT2D eigenvalue weighted by Gasteiger charge is -2.10. The summed E-state index contributed by atoms with van der Waals surface area (Å²) < 4.78 is 28.0. The molecule has 0 spiro atoms. The monoisotopic (exact) mass is 419 g/mol. The molecule has 0 unspecified atom stereocenters. The SMILES string of the molecule is O=C(CCc1cccnc1)Cc1ccc(S(=O)(=O)Nc2ccc3c(c2)C=NC3)cc1. The zero-order valence-corrected chi connectivity index (χ0v) is 17.1. The molecule has 6 nitrogen and oxygen atoms in total. The van der Waals surface area contributed by atoms with Gasteiger partial charge >= 0.3 is 0 Å². The Hall–Kier alpha value is -3.32. The Labute approximate surface area is 175 Å². The van der Waals surface area contributed by atoms with Crippen LogP contribution >= 0.6 is 0 Å². The number of ketones is 1. The van der Waals surface area contributed by atoms with E-state index < -0.39 is 10.0 Å². The third-order valence-corrected chi connectivity index (χ3v) is 6.34. The molecule has 7 heteroatoms. The number of nitrogens with one attached hydrogen (secondary N) is 1. The van der Waals surface area contributed by atoms with Gasteiger partial charge in [-0.05, 0) is 59.0 Å². The second kappa shape index (κ2) is 8.59. The number of carbonyl (C=O) groups excluding carboxylic acids is 1. The zero-order valence-electron chi connectivity index (χ0n) is 16.3. The van der Waals surface area contributed by atoms with Gasteiger partial charge in [0.2, 0.25) is 0 Å². The number of aliphatic imine (C=N–C) groups is 1. The first-order valence-corrected chi connectivity index (χ1v) is 11.1. The average molecular weight is 420 g/mol. The molecule has 2 aromatic carbocycles. The molecule has 152 valence electrons. The van der Waals surface area contributed by atoms with E-state index in [1.165, 1.54) is 12.1 Å². The highest BCUT2D eigenvalue weighted by molar-refractivity contribution is 7.92. The Kier molecular flexibility index (Phi) is 5.72. The third-order valence-electron chi connectivity index (χ3n) is 4.94. The normalized spacial score (nSPS) is 12.5. The summed E-state index contributed by atoms with van der Waals surface area (Å²) in [5, 5.41) is 0. The predicted octanol–water partition coefficient (Wildman–Crippen LogP) is 3.56. The van der Waals surface area contributed by atoms with E-state index in [0.29, 0.717) is 25.1 Å². The molecule has 4 rings (SSSR count). The number of hydrogen-bond acceptors (Lipinski definition) is 5. The Morgan fingerprint density at radius 3 is 2.63 bits per heavy atom. The molecule has 0 fully saturated rings. The standard InChI is InChI=1S/C23H21N3O3S/c27-22(8-3-18-2-1-11-24-14-18)12-17-4-9-23(10-5-17)30(28,29)26-21-7-6-19-15-25-16-20(19)13-21/h1-2,4-7,9-11,13-14,16,26H,3,8,12,15H2. The molecule has 0 atom stereocenters. The summed E-state index contributed by atoms with van der Waals surface area (Å²) in [6.07, 6.45) is 6.55. The lowest BCUT2D eigenvalue weighted by molar-refractivity contribution is -0.118. The number of pyridine rings is 1. The van der Waals surface area contributed by atoms with E-state index in [1.54, 1.807) is 42.9 Å². The Bertz CT molecular complexity index is 1190. The van der Waals surface area contributed by atoms with Crippen molar-refractivity contribution in [3.05, 3.63) is 89.2 Å². The molecule has 0 bridgehead atoms. The van der Waals surface area contributed by atoms with Crippen LogP contribution in [0.1, 0.15) is 28.7 Å². The molecule has 2 heterocycles. The fourth-order valence-electron chi connectivity index (χ4n) is 3.31. The molecule has 0 saturated heterocycles. The molecule has 30 heavy (non-hydrogen) atoms. The minimum atomic E-state index is -3.71. The fourth-order valence-corrected chi connectivity index (χ4v) is 4.36. The smallest absolute Gasteiger partial charge is 0.261 e. The molecule has 1 aliphatic heterocycles. The van der Waals surface area contributed by atoms with Gasteiger partial charge in [-0.1, -0.05) is 24.3 Å². The largest absolute Gasteiger partial charge is 0.299 e. The number of aromatic nitrogens is 1. The van der Waals surface area contributed by atoms with Crippen molar-refractivity contribution in [1.29, 1.82) is 0 Å². The van der Waals surface area contributed by atoms with Crippen LogP contribution in [0, 0.1) is 0 Å². The topological polar surface area (TPSA) is 88.5 Å². The van der Waals surface area contributed by atoms with Gasteiger partial charge in [0.05, 0.1) is 11.4 Å². The molecule has 0 radical (unpaired) electrons. The third kappa shape index (κ3) is 4.80. The van der Waals surface area contributed by atoms with Gasteiger partial charge in [0.1, 0.15) is 5.78 Å². The van der Waals surface area contributed by atoms with E-state index in [0.717, 1.165) is 22.3 Å². The summed E-state index contributed by atoms with van der Waals surface area (Å²) in [6, 6.07) is 15.6. The fraction of sp³-hybridized carbons (Fsp3) is 0.174. The highest BCUT2D eigenvalue weighted by Crippen LogP contribution is 2.22. The lowest BCUT2D eigenvalue weighted by atomic mass is 10.0. The van der Waals surface area contributed by atoms with Crippen molar-refractivity contribution in [3.63, 3.8) is 0 Å². The summed E-state index contributed by atoms with van der Waals surface area (Å²) in [5.74, 6) is 0.104. The van der Waals surface area contributed by atoms with Gasteiger partial charge in [0.25, 0.3) is 10.0 Å². The highest BCUT2D eigenvalue weighted by Gasteiger charge is 2.16. The van der Waals surface area contributed by atoms with Gasteiger partial charge < -0.3 is 0 Å². The summed E-state index contributed by atoms with van der Waals surface area (Å²) in [4.78, 5) is 20.6. The molecule has 0 aliphatic carbocycles. The Morgan fingerprint density at radius 1 is 1.03 bits per heavy atom. The first-order chi connectivity index (χ1) is 14.5. The van der Waals surface area contributed by atoms with Crippen molar-refractivity contribution in [2.24, 2.45) is 4.99 Å². The van der Waals surface area contributed by atoms with Crippen molar-refractivity contribution in [3.8, 4) is 0 Å². The van der Waals surface area contributed by atoms with Crippen LogP contribution in [-0.2, 0) is 34.2 Å². The van der Waals surface area contributed by atoms with Crippen LogP contribution in [0.3, 0.4) is 0 Å². The van der Waals surface area contributed by atoms with Crippen molar-refractivity contribution in [1.82, 2.24) is 4.98 Å². The van der Waals surface area contributed by atoms with Crippen LogP contribution in [0.25, 0.3) is 0 Å². The number of rotatable bonds is 8. The summed E-state index contributed by atoms with van der Waals surface area (Å²) in [7, 11) is -3.71. The maximum absolute atomic E-state index is 12.7. The van der Waals surface area contributed by atoms with E-state index in [-0.39, 0.29) is 17.1 Å². The number of nitrogens with zero attached hydrogens (tertiary/aromatic N) is 2. The number of Topliss-reactive ketones (excluding diaryl/α,β-unsaturated/α-hetero) is 1. The van der Waals surface area contributed by atoms with Crippen LogP contribution in [-0.4, -0.2) is 25.4 Å². The van der Waals surface area contributed by atoms with Gasteiger partial charge in [-0.2, -0.15) is 0 Å². The Morgan fingerprint density at radius 2 is 1.87 bits per heavy atom. The quantitative estimate of drug-likeness (QED) is 0.605. The first kappa shape index (κ1) is 20.0. The molecular formula is C23H21N3O3S. The second-order valence-electron chi connectivity index (χ2n) is 7.21. The predicted molar refractivity (Wildman–Crippen MR) is 116 cm³/mol. The van der Waals surface area contributed by atoms with E-state index >= 15 is 0 Å². The molecule has 0 saturated carbocycles. The number of hydrogen-bond donors (Lipinski definition) is 1. The van der Waals surface area contributed by atoms with Crippen molar-refractivity contribution < 1.29 is 13.2 Å². The number of carbonyl (C=O) groups is 1. The van der Waals surface area contributed by atoms with E-state index in [2.05, 4.69) is 14.7 Å². The molecule has 3 aromatic rings. The molecule has 1 aromatic heterocycles. The zero-order chi connectivity index (χ0) is 21.0. The number of fused-ring (bicyclic) bond motifs is 1. The maximum Gasteiger partial charge on any atom is 0.261 e. The Balaban J connectivity index is 1.37. The summed E-state index contributed by atoms with van der Waals surface area (Å²) >= 11 is 0. The van der Waals surface area contributed by atoms with E-state index in [9.17, 15) is 13.2 Å². The van der Waals surface area contributed by atoms with Gasteiger partial charge in [0.15, 0.2) is 0 Å². The van der Waals surface area contributed by atoms with Gasteiger partial charge in [0, 0.05) is 37.1 Å². The number of sulfonamides is 1. The molecular weight excluding hydrogens is 398 g/mol. The molecule has 1 aliphatic rings. The van der Waals surface area contributed by atoms with Crippen molar-refractivity contribution in [2.75, 3.05) is 4.72 Å². The van der Waals surface area contributed by atoms with Crippen LogP contribution in [0.15, 0.2) is 76.9 Å². The van der Waals surface area contributed by atoms with Crippen LogP contribution < -0.4 is 4.72 Å². The van der Waals surface area contributed by atoms with Gasteiger partial charge in [-0.25, -0.2) is 8.42 Å². The average Bonchev–Trinajstić information content (AvgIpc) is 3.21. The van der Waals surface area contributed by atoms with Crippen LogP contribution in [0.2, 0.25) is 0 Å². The molecule has 0 amide bonds. The van der Waals surface area contributed by atoms with Gasteiger partial charge in [-0.3, -0.25) is 19.5 Å². The maximum atomic E-state index is 12.7. The highest BCUT2D eigenvalue weighted by atomic mass is 32.2. The number of anilines is 1. The summed E-state index contributed by atoms with van der Waals surface area (Å²) in [6.45, 7) is 0.630. The van der Waals surface area contributed by atoms with Crippen LogP contribution in [0.5, 0.6) is 0 Å². The van der Waals surface area contributed by atoms with Crippen LogP contribution in [0.4, 0.5) is 5.69 Å². The second-order valence-corrected chi connectivity index (χ2v) is 8.89. The molecule has 1 N–H and O–H groups in total. The first-order valence-electron chi connectivity index (χ1n) is 9.65. The van der Waals surface area contributed by atoms with Crippen molar-refractivity contribution >= 4 is 27.7 Å². The van der Waals surface area contributed by atoms with E-state index in [4.69, 9.17) is 0 Å². The number of aryl methyl sites for hydroxylation is 1. The minimum Gasteiger partial charge on any atom is -0.299 e. The number of benzene rings is 2. The van der Waals surface area contributed by atoms with Gasteiger partial charge in [-0.15, -0.1) is 0 Å². The summed E-state index contributed by atoms with van der Waals surface area (Å²) in [5.41, 5.74) is 4.32. The lowest BCUT2D eigenvalue weighted by Crippen LogP contribution is -2.13. The minimum absolute atomic E-state index is 0.104.